The zero-order chi connectivity index (χ0) is 30.8. The number of nitrogens with zero attached hydrogens (tertiary/aromatic N) is 8. The fourth-order valence-electron chi connectivity index (χ4n) is 7.12. The molecule has 2 fully saturated rings. The number of piperidine rings is 1. The molecule has 1 unspecified atom stereocenters. The van der Waals surface area contributed by atoms with Crippen molar-refractivity contribution in [3.8, 4) is 6.07 Å². The molecule has 2 atom stereocenters. The molecule has 1 aromatic carbocycles. The van der Waals surface area contributed by atoms with Crippen LogP contribution >= 0.6 is 0 Å². The number of para-hydroxylation sites is 1. The molecule has 4 heterocycles. The summed E-state index contributed by atoms with van der Waals surface area (Å²) in [5, 5.41) is 10.8. The number of piperazine rings is 1. The van der Waals surface area contributed by atoms with Gasteiger partial charge in [0.1, 0.15) is 5.82 Å². The van der Waals surface area contributed by atoms with Gasteiger partial charge in [0.15, 0.2) is 0 Å². The quantitative estimate of drug-likeness (QED) is 0.384. The molecule has 228 valence electrons. The van der Waals surface area contributed by atoms with Gasteiger partial charge in [-0.2, -0.15) is 10.2 Å². The maximum absolute atomic E-state index is 13.4. The normalized spacial score (nSPS) is 21.0. The highest BCUT2D eigenvalue weighted by Gasteiger charge is 2.36. The predicted molar refractivity (Wildman–Crippen MR) is 171 cm³/mol. The van der Waals surface area contributed by atoms with Crippen LogP contribution in [0.1, 0.15) is 43.0 Å². The standard InChI is InChI=1S/C34H40N8O2/c1-4-31(43)41-21-20-39(23-27(41)12-16-35)33-28-11-10-26(40-19-13-24-8-6-7-9-30(24)40)22-29(28)36-34(37-33)42(32(44)5-2)25-14-17-38(3)18-15-25/h4-9,13,19,25-27H,1-2,10-12,14-15,17-18,20-23H2,3H3/t26?,27-/m0/s1. The van der Waals surface area contributed by atoms with Crippen molar-refractivity contribution in [1.29, 1.82) is 5.26 Å². The monoisotopic (exact) mass is 592 g/mol. The van der Waals surface area contributed by atoms with Crippen LogP contribution in [-0.4, -0.2) is 88.0 Å². The zero-order valence-electron chi connectivity index (χ0n) is 25.4. The molecule has 2 aliphatic heterocycles. The Hall–Kier alpha value is -4.49. The Kier molecular flexibility index (Phi) is 8.49. The van der Waals surface area contributed by atoms with Gasteiger partial charge in [0, 0.05) is 55.4 Å². The molecule has 2 amide bonds. The molecule has 0 bridgehead atoms. The van der Waals surface area contributed by atoms with Crippen LogP contribution in [0.4, 0.5) is 11.8 Å². The molecule has 10 heteroatoms. The Bertz CT molecular complexity index is 1610. The fourth-order valence-corrected chi connectivity index (χ4v) is 7.12. The first-order valence-corrected chi connectivity index (χ1v) is 15.6. The summed E-state index contributed by atoms with van der Waals surface area (Å²) >= 11 is 0. The minimum atomic E-state index is -0.282. The van der Waals surface area contributed by atoms with Crippen LogP contribution in [0.5, 0.6) is 0 Å². The number of fused-ring (bicyclic) bond motifs is 2. The van der Waals surface area contributed by atoms with Gasteiger partial charge in [-0.05, 0) is 75.5 Å². The van der Waals surface area contributed by atoms with Crippen molar-refractivity contribution in [3.05, 3.63) is 73.1 Å². The lowest BCUT2D eigenvalue weighted by atomic mass is 9.91. The summed E-state index contributed by atoms with van der Waals surface area (Å²) < 4.78 is 2.35. The molecule has 0 radical (unpaired) electrons. The maximum Gasteiger partial charge on any atom is 0.253 e. The van der Waals surface area contributed by atoms with Gasteiger partial charge in [0.25, 0.3) is 5.91 Å². The number of rotatable bonds is 7. The van der Waals surface area contributed by atoms with Crippen LogP contribution in [-0.2, 0) is 22.4 Å². The lowest BCUT2D eigenvalue weighted by molar-refractivity contribution is -0.128. The predicted octanol–water partition coefficient (Wildman–Crippen LogP) is 3.89. The Labute approximate surface area is 258 Å². The van der Waals surface area contributed by atoms with Gasteiger partial charge in [-0.1, -0.05) is 31.4 Å². The summed E-state index contributed by atoms with van der Waals surface area (Å²) in [6, 6.07) is 12.8. The van der Waals surface area contributed by atoms with E-state index in [1.807, 2.05) is 0 Å². The third-order valence-electron chi connectivity index (χ3n) is 9.49. The molecule has 44 heavy (non-hydrogen) atoms. The van der Waals surface area contributed by atoms with Crippen molar-refractivity contribution in [2.24, 2.45) is 0 Å². The Morgan fingerprint density at radius 2 is 1.86 bits per heavy atom. The van der Waals surface area contributed by atoms with Crippen LogP contribution in [0.25, 0.3) is 10.9 Å². The minimum Gasteiger partial charge on any atom is -0.352 e. The summed E-state index contributed by atoms with van der Waals surface area (Å²) in [5.74, 6) is 0.863. The summed E-state index contributed by atoms with van der Waals surface area (Å²) in [5.41, 5.74) is 3.25. The van der Waals surface area contributed by atoms with Gasteiger partial charge in [-0.3, -0.25) is 14.5 Å². The van der Waals surface area contributed by atoms with Gasteiger partial charge in [0.2, 0.25) is 11.9 Å². The average molecular weight is 593 g/mol. The number of carbonyl (C=O) groups is 2. The summed E-state index contributed by atoms with van der Waals surface area (Å²) in [6.07, 6.45) is 9.16. The van der Waals surface area contributed by atoms with Gasteiger partial charge in [0.05, 0.1) is 24.2 Å². The van der Waals surface area contributed by atoms with Crippen LogP contribution in [0.3, 0.4) is 0 Å². The summed E-state index contributed by atoms with van der Waals surface area (Å²) in [4.78, 5) is 44.3. The second kappa shape index (κ2) is 12.6. The first-order chi connectivity index (χ1) is 21.4. The Morgan fingerprint density at radius 1 is 1.07 bits per heavy atom. The van der Waals surface area contributed by atoms with E-state index in [1.54, 1.807) is 9.80 Å². The molecule has 10 nitrogen and oxygen atoms in total. The van der Waals surface area contributed by atoms with E-state index in [0.29, 0.717) is 25.6 Å². The third kappa shape index (κ3) is 5.60. The topological polar surface area (TPSA) is 102 Å². The number of hydrogen-bond acceptors (Lipinski definition) is 7. The molecule has 0 N–H and O–H groups in total. The molecular formula is C34H40N8O2. The average Bonchev–Trinajstić information content (AvgIpc) is 3.49. The molecule has 3 aliphatic rings. The second-order valence-electron chi connectivity index (χ2n) is 12.1. The van der Waals surface area contributed by atoms with E-state index in [-0.39, 0.29) is 36.4 Å². The molecule has 2 aromatic heterocycles. The molecule has 1 aliphatic carbocycles. The van der Waals surface area contributed by atoms with Crippen LogP contribution in [0.2, 0.25) is 0 Å². The van der Waals surface area contributed by atoms with Gasteiger partial charge < -0.3 is 19.3 Å². The van der Waals surface area contributed by atoms with E-state index >= 15 is 0 Å². The van der Waals surface area contributed by atoms with E-state index in [1.165, 1.54) is 23.1 Å². The number of hydrogen-bond donors (Lipinski definition) is 0. The van der Waals surface area contributed by atoms with Crippen molar-refractivity contribution in [1.82, 2.24) is 24.3 Å². The SMILES string of the molecule is C=CC(=O)N(c1nc2c(c(N3CCN(C(=O)C=C)[C@@H](CC#N)C3)n1)CCC(n1ccc3ccccc31)C2)C1CCN(C)CC1. The highest BCUT2D eigenvalue weighted by molar-refractivity contribution is 6.00. The molecular weight excluding hydrogens is 552 g/mol. The van der Waals surface area contributed by atoms with E-state index in [4.69, 9.17) is 9.97 Å². The molecule has 0 saturated carbocycles. The number of amides is 2. The van der Waals surface area contributed by atoms with Crippen LogP contribution < -0.4 is 9.80 Å². The van der Waals surface area contributed by atoms with E-state index in [9.17, 15) is 14.9 Å². The summed E-state index contributed by atoms with van der Waals surface area (Å²) in [6.45, 7) is 10.8. The van der Waals surface area contributed by atoms with E-state index in [2.05, 4.69) is 77.2 Å². The van der Waals surface area contributed by atoms with Gasteiger partial charge in [-0.15, -0.1) is 0 Å². The van der Waals surface area contributed by atoms with Crippen LogP contribution in [0, 0.1) is 11.3 Å². The number of benzene rings is 1. The second-order valence-corrected chi connectivity index (χ2v) is 12.1. The number of aromatic nitrogens is 3. The first kappa shape index (κ1) is 29.6. The molecule has 0 spiro atoms. The highest BCUT2D eigenvalue weighted by atomic mass is 16.2. The number of carbonyl (C=O) groups excluding carboxylic acids is 2. The maximum atomic E-state index is 13.4. The smallest absolute Gasteiger partial charge is 0.253 e. The summed E-state index contributed by atoms with van der Waals surface area (Å²) in [7, 11) is 2.10. The highest BCUT2D eigenvalue weighted by Crippen LogP contribution is 2.37. The van der Waals surface area contributed by atoms with Gasteiger partial charge in [-0.25, -0.2) is 4.98 Å². The molecule has 2 saturated heterocycles. The van der Waals surface area contributed by atoms with E-state index < -0.39 is 0 Å². The lowest BCUT2D eigenvalue weighted by Crippen LogP contribution is -2.55. The minimum absolute atomic E-state index is 0.0243. The first-order valence-electron chi connectivity index (χ1n) is 15.6. The third-order valence-corrected chi connectivity index (χ3v) is 9.49. The Balaban J connectivity index is 1.41. The van der Waals surface area contributed by atoms with Gasteiger partial charge >= 0.3 is 0 Å². The lowest BCUT2D eigenvalue weighted by Gasteiger charge is -2.42. The van der Waals surface area contributed by atoms with E-state index in [0.717, 1.165) is 62.3 Å². The number of nitriles is 1. The number of likely N-dealkylation sites (tertiary alicyclic amines) is 1. The molecule has 3 aromatic rings. The largest absolute Gasteiger partial charge is 0.352 e. The fraction of sp³-hybridized carbons (Fsp3) is 0.441. The van der Waals surface area contributed by atoms with Crippen molar-refractivity contribution < 1.29 is 9.59 Å². The zero-order valence-corrected chi connectivity index (χ0v) is 25.4. The van der Waals surface area contributed by atoms with Crippen molar-refractivity contribution in [2.45, 2.75) is 56.7 Å². The van der Waals surface area contributed by atoms with Crippen LogP contribution in [0.15, 0.2) is 61.8 Å². The van der Waals surface area contributed by atoms with Crippen molar-refractivity contribution in [3.63, 3.8) is 0 Å². The number of anilines is 2. The van der Waals surface area contributed by atoms with Crippen molar-refractivity contribution in [2.75, 3.05) is 49.6 Å². The Morgan fingerprint density at radius 3 is 2.61 bits per heavy atom. The molecule has 6 rings (SSSR count). The van der Waals surface area contributed by atoms with Crippen molar-refractivity contribution >= 4 is 34.5 Å².